The summed E-state index contributed by atoms with van der Waals surface area (Å²) in [6.45, 7) is 0. The first-order chi connectivity index (χ1) is 5.63. The van der Waals surface area contributed by atoms with Gasteiger partial charge in [0.25, 0.3) is 0 Å². The van der Waals surface area contributed by atoms with Gasteiger partial charge in [-0.05, 0) is 28.7 Å². The zero-order chi connectivity index (χ0) is 9.14. The molecular formula is C7H5FINO2. The minimum Gasteiger partial charge on any atom is -0.464 e. The summed E-state index contributed by atoms with van der Waals surface area (Å²) in [6.07, 6.45) is 0. The molecule has 3 nitrogen and oxygen atoms in total. The molecule has 0 atom stereocenters. The van der Waals surface area contributed by atoms with Crippen LogP contribution >= 0.6 is 22.6 Å². The van der Waals surface area contributed by atoms with Crippen LogP contribution < -0.4 is 0 Å². The summed E-state index contributed by atoms with van der Waals surface area (Å²) in [5.74, 6) is -1.31. The first-order valence-electron chi connectivity index (χ1n) is 3.05. The Balaban J connectivity index is 3.08. The number of pyridine rings is 1. The van der Waals surface area contributed by atoms with Gasteiger partial charge in [-0.3, -0.25) is 0 Å². The van der Waals surface area contributed by atoms with Crippen molar-refractivity contribution >= 4 is 28.6 Å². The normalized spacial score (nSPS) is 9.58. The summed E-state index contributed by atoms with van der Waals surface area (Å²) in [7, 11) is 1.22. The molecule has 12 heavy (non-hydrogen) atoms. The quantitative estimate of drug-likeness (QED) is 0.446. The fourth-order valence-corrected chi connectivity index (χ4v) is 1.23. The highest BCUT2D eigenvalue weighted by atomic mass is 127. The molecule has 0 aliphatic carbocycles. The average molecular weight is 281 g/mol. The van der Waals surface area contributed by atoms with Crippen LogP contribution in [0.25, 0.3) is 0 Å². The molecule has 1 rings (SSSR count). The first-order valence-corrected chi connectivity index (χ1v) is 4.13. The molecule has 1 aromatic heterocycles. The molecule has 0 amide bonds. The van der Waals surface area contributed by atoms with Gasteiger partial charge >= 0.3 is 5.97 Å². The molecule has 0 N–H and O–H groups in total. The third-order valence-corrected chi connectivity index (χ3v) is 1.78. The molecule has 64 valence electrons. The Kier molecular flexibility index (Phi) is 2.96. The van der Waals surface area contributed by atoms with Crippen LogP contribution in [0.4, 0.5) is 4.39 Å². The second kappa shape index (κ2) is 3.79. The van der Waals surface area contributed by atoms with Crippen LogP contribution in [0.5, 0.6) is 0 Å². The topological polar surface area (TPSA) is 39.2 Å². The number of ether oxygens (including phenoxy) is 1. The Labute approximate surface area is 82.1 Å². The molecule has 0 saturated carbocycles. The predicted molar refractivity (Wildman–Crippen MR) is 48.3 cm³/mol. The van der Waals surface area contributed by atoms with Crippen LogP contribution in [-0.4, -0.2) is 18.1 Å². The molecule has 0 fully saturated rings. The van der Waals surface area contributed by atoms with Gasteiger partial charge in [0.05, 0.1) is 7.11 Å². The highest BCUT2D eigenvalue weighted by Gasteiger charge is 2.09. The highest BCUT2D eigenvalue weighted by Crippen LogP contribution is 2.08. The fourth-order valence-electron chi connectivity index (χ4n) is 0.675. The van der Waals surface area contributed by atoms with Crippen LogP contribution in [0.2, 0.25) is 0 Å². The number of carbonyl (C=O) groups is 1. The Bertz CT molecular complexity index is 296. The molecule has 1 aromatic rings. The van der Waals surface area contributed by atoms with Gasteiger partial charge in [-0.25, -0.2) is 9.78 Å². The van der Waals surface area contributed by atoms with Gasteiger partial charge in [0, 0.05) is 9.64 Å². The lowest BCUT2D eigenvalue weighted by molar-refractivity contribution is 0.0592. The van der Waals surface area contributed by atoms with E-state index in [4.69, 9.17) is 0 Å². The summed E-state index contributed by atoms with van der Waals surface area (Å²) in [5.41, 5.74) is -0.0121. The van der Waals surface area contributed by atoms with E-state index in [0.29, 0.717) is 3.57 Å². The van der Waals surface area contributed by atoms with Crippen molar-refractivity contribution in [2.75, 3.05) is 7.11 Å². The standard InChI is InChI=1S/C7H5FINO2/c1-12-7(11)5-2-4(9)3-6(8)10-5/h2-3H,1H3. The van der Waals surface area contributed by atoms with Crippen LogP contribution in [0.15, 0.2) is 12.1 Å². The van der Waals surface area contributed by atoms with E-state index in [2.05, 4.69) is 9.72 Å². The van der Waals surface area contributed by atoms with Gasteiger partial charge < -0.3 is 4.74 Å². The SMILES string of the molecule is COC(=O)c1cc(I)cc(F)n1. The first kappa shape index (κ1) is 9.37. The monoisotopic (exact) mass is 281 g/mol. The molecule has 5 heteroatoms. The van der Waals surface area contributed by atoms with E-state index < -0.39 is 11.9 Å². The number of rotatable bonds is 1. The predicted octanol–water partition coefficient (Wildman–Crippen LogP) is 1.61. The van der Waals surface area contributed by atoms with Gasteiger partial charge in [-0.2, -0.15) is 4.39 Å². The Morgan fingerprint density at radius 2 is 2.33 bits per heavy atom. The molecule has 0 saturated heterocycles. The fraction of sp³-hybridized carbons (Fsp3) is 0.143. The van der Waals surface area contributed by atoms with E-state index in [0.717, 1.165) is 0 Å². The number of carbonyl (C=O) groups excluding carboxylic acids is 1. The number of halogens is 2. The maximum Gasteiger partial charge on any atom is 0.356 e. The van der Waals surface area contributed by atoms with Gasteiger partial charge in [0.1, 0.15) is 0 Å². The van der Waals surface area contributed by atoms with Gasteiger partial charge in [-0.1, -0.05) is 0 Å². The van der Waals surface area contributed by atoms with Gasteiger partial charge in [0.15, 0.2) is 5.69 Å². The zero-order valence-corrected chi connectivity index (χ0v) is 8.33. The molecule has 0 spiro atoms. The van der Waals surface area contributed by atoms with Crippen LogP contribution in [0.3, 0.4) is 0 Å². The Morgan fingerprint density at radius 3 is 2.83 bits per heavy atom. The maximum atomic E-state index is 12.6. The lowest BCUT2D eigenvalue weighted by atomic mass is 10.3. The molecule has 0 unspecified atom stereocenters. The smallest absolute Gasteiger partial charge is 0.356 e. The van der Waals surface area contributed by atoms with Crippen molar-refractivity contribution in [1.82, 2.24) is 4.98 Å². The van der Waals surface area contributed by atoms with Gasteiger partial charge in [0.2, 0.25) is 5.95 Å². The Morgan fingerprint density at radius 1 is 1.67 bits per heavy atom. The van der Waals surface area contributed by atoms with E-state index >= 15 is 0 Å². The number of aromatic nitrogens is 1. The number of esters is 1. The van der Waals surface area contributed by atoms with E-state index in [1.807, 2.05) is 22.6 Å². The number of hydrogen-bond acceptors (Lipinski definition) is 3. The number of nitrogens with zero attached hydrogens (tertiary/aromatic N) is 1. The minimum atomic E-state index is -0.678. The molecule has 1 heterocycles. The van der Waals surface area contributed by atoms with Crippen LogP contribution in [0, 0.1) is 9.52 Å². The lowest BCUT2D eigenvalue weighted by Gasteiger charge is -1.98. The van der Waals surface area contributed by atoms with Crippen LogP contribution in [-0.2, 0) is 4.74 Å². The van der Waals surface area contributed by atoms with Gasteiger partial charge in [-0.15, -0.1) is 0 Å². The summed E-state index contributed by atoms with van der Waals surface area (Å²) < 4.78 is 17.6. The van der Waals surface area contributed by atoms with Crippen molar-refractivity contribution in [3.8, 4) is 0 Å². The van der Waals surface area contributed by atoms with E-state index in [9.17, 15) is 9.18 Å². The maximum absolute atomic E-state index is 12.6. The van der Waals surface area contributed by atoms with Crippen molar-refractivity contribution in [2.24, 2.45) is 0 Å². The average Bonchev–Trinajstić information content (AvgIpc) is 2.01. The molecular weight excluding hydrogens is 276 g/mol. The van der Waals surface area contributed by atoms with Crippen molar-refractivity contribution < 1.29 is 13.9 Å². The van der Waals surface area contributed by atoms with E-state index in [1.54, 1.807) is 0 Å². The number of hydrogen-bond donors (Lipinski definition) is 0. The zero-order valence-electron chi connectivity index (χ0n) is 6.17. The summed E-state index contributed by atoms with van der Waals surface area (Å²) in [5, 5.41) is 0. The number of methoxy groups -OCH3 is 1. The molecule has 0 aliphatic rings. The largest absolute Gasteiger partial charge is 0.464 e. The minimum absolute atomic E-state index is 0.0121. The van der Waals surface area contributed by atoms with E-state index in [-0.39, 0.29) is 5.69 Å². The molecule has 0 radical (unpaired) electrons. The van der Waals surface area contributed by atoms with Crippen LogP contribution in [0.1, 0.15) is 10.5 Å². The third-order valence-electron chi connectivity index (χ3n) is 1.15. The lowest BCUT2D eigenvalue weighted by Crippen LogP contribution is -2.05. The van der Waals surface area contributed by atoms with Crippen molar-refractivity contribution in [2.45, 2.75) is 0 Å². The van der Waals surface area contributed by atoms with Crippen molar-refractivity contribution in [3.05, 3.63) is 27.3 Å². The second-order valence-electron chi connectivity index (χ2n) is 1.98. The molecule has 0 aliphatic heterocycles. The van der Waals surface area contributed by atoms with Crippen molar-refractivity contribution in [1.29, 1.82) is 0 Å². The summed E-state index contributed by atoms with van der Waals surface area (Å²) in [6, 6.07) is 2.68. The molecule has 0 bridgehead atoms. The molecule has 0 aromatic carbocycles. The van der Waals surface area contributed by atoms with Crippen molar-refractivity contribution in [3.63, 3.8) is 0 Å². The summed E-state index contributed by atoms with van der Waals surface area (Å²) >= 11 is 1.89. The second-order valence-corrected chi connectivity index (χ2v) is 3.23. The Hall–Kier alpha value is -0.720. The highest BCUT2D eigenvalue weighted by molar-refractivity contribution is 14.1. The third kappa shape index (κ3) is 2.13. The summed E-state index contributed by atoms with van der Waals surface area (Å²) in [4.78, 5) is 14.2. The van der Waals surface area contributed by atoms with E-state index in [1.165, 1.54) is 19.2 Å².